The van der Waals surface area contributed by atoms with Gasteiger partial charge in [0.05, 0.1) is 0 Å². The van der Waals surface area contributed by atoms with Gasteiger partial charge < -0.3 is 10.6 Å². The summed E-state index contributed by atoms with van der Waals surface area (Å²) in [5.74, 6) is 0.295. The van der Waals surface area contributed by atoms with Crippen LogP contribution >= 0.6 is 0 Å². The van der Waals surface area contributed by atoms with Crippen LogP contribution in [0.15, 0.2) is 0 Å². The molecule has 1 aliphatic heterocycles. The largest absolute Gasteiger partial charge is 0.356 e. The highest BCUT2D eigenvalue weighted by Crippen LogP contribution is 2.16. The zero-order valence-electron chi connectivity index (χ0n) is 12.8. The topological polar surface area (TPSA) is 78.5 Å². The van der Waals surface area contributed by atoms with Gasteiger partial charge in [0, 0.05) is 19.5 Å². The van der Waals surface area contributed by atoms with Crippen molar-refractivity contribution in [3.05, 3.63) is 0 Å². The van der Waals surface area contributed by atoms with Gasteiger partial charge in [-0.1, -0.05) is 13.8 Å². The smallest absolute Gasteiger partial charge is 0.325 e. The predicted octanol–water partition coefficient (Wildman–Crippen LogP) is 1.26. The number of imide groups is 1. The van der Waals surface area contributed by atoms with Crippen LogP contribution in [-0.2, 0) is 9.59 Å². The van der Waals surface area contributed by atoms with Crippen LogP contribution < -0.4 is 10.6 Å². The third-order valence-corrected chi connectivity index (χ3v) is 3.27. The number of hydrogen-bond acceptors (Lipinski definition) is 3. The highest BCUT2D eigenvalue weighted by atomic mass is 16.2. The van der Waals surface area contributed by atoms with Crippen molar-refractivity contribution in [3.63, 3.8) is 0 Å². The van der Waals surface area contributed by atoms with Crippen LogP contribution in [0.25, 0.3) is 0 Å². The van der Waals surface area contributed by atoms with Crippen molar-refractivity contribution < 1.29 is 14.4 Å². The quantitative estimate of drug-likeness (QED) is 0.690. The lowest BCUT2D eigenvalue weighted by Crippen LogP contribution is -2.40. The van der Waals surface area contributed by atoms with Crippen LogP contribution in [-0.4, -0.2) is 41.4 Å². The van der Waals surface area contributed by atoms with Crippen molar-refractivity contribution in [2.75, 3.05) is 13.1 Å². The van der Waals surface area contributed by atoms with Crippen LogP contribution in [0.5, 0.6) is 0 Å². The molecule has 0 bridgehead atoms. The summed E-state index contributed by atoms with van der Waals surface area (Å²) < 4.78 is 0. The van der Waals surface area contributed by atoms with Gasteiger partial charge in [-0.05, 0) is 32.6 Å². The minimum Gasteiger partial charge on any atom is -0.356 e. The molecule has 1 rings (SSSR count). The zero-order chi connectivity index (χ0) is 15.3. The highest BCUT2D eigenvalue weighted by molar-refractivity contribution is 6.06. The summed E-state index contributed by atoms with van der Waals surface area (Å²) in [6.07, 6.45) is 1.77. The van der Waals surface area contributed by atoms with E-state index < -0.39 is 5.54 Å². The van der Waals surface area contributed by atoms with Crippen molar-refractivity contribution in [1.29, 1.82) is 0 Å². The molecule has 114 valence electrons. The molecule has 1 fully saturated rings. The summed E-state index contributed by atoms with van der Waals surface area (Å²) in [6.45, 7) is 8.51. The van der Waals surface area contributed by atoms with E-state index in [1.165, 1.54) is 4.90 Å². The molecule has 6 heteroatoms. The van der Waals surface area contributed by atoms with E-state index in [4.69, 9.17) is 0 Å². The Labute approximate surface area is 120 Å². The second-order valence-electron chi connectivity index (χ2n) is 6.15. The standard InChI is InChI=1S/C14H25N3O3/c1-10(2)7-8-15-11(18)6-5-9-17-12(19)14(3,4)16-13(17)20/h10H,5-9H2,1-4H3,(H,15,18)(H,16,20). The van der Waals surface area contributed by atoms with Crippen molar-refractivity contribution >= 4 is 17.8 Å². The molecule has 0 aliphatic carbocycles. The number of urea groups is 1. The Morgan fingerprint density at radius 3 is 2.50 bits per heavy atom. The third kappa shape index (κ3) is 4.51. The molecule has 0 unspecified atom stereocenters. The number of rotatable bonds is 7. The number of carbonyl (C=O) groups is 3. The van der Waals surface area contributed by atoms with Gasteiger partial charge in [-0.15, -0.1) is 0 Å². The molecule has 0 atom stereocenters. The van der Waals surface area contributed by atoms with E-state index in [1.807, 2.05) is 0 Å². The molecule has 2 N–H and O–H groups in total. The molecule has 6 nitrogen and oxygen atoms in total. The molecule has 0 aromatic rings. The van der Waals surface area contributed by atoms with E-state index in [0.717, 1.165) is 6.42 Å². The van der Waals surface area contributed by atoms with Crippen molar-refractivity contribution in [1.82, 2.24) is 15.5 Å². The van der Waals surface area contributed by atoms with Gasteiger partial charge >= 0.3 is 6.03 Å². The third-order valence-electron chi connectivity index (χ3n) is 3.27. The number of nitrogens with zero attached hydrogens (tertiary/aromatic N) is 1. The summed E-state index contributed by atoms with van der Waals surface area (Å²) in [5.41, 5.74) is -0.837. The van der Waals surface area contributed by atoms with Crippen LogP contribution in [0.1, 0.15) is 47.0 Å². The highest BCUT2D eigenvalue weighted by Gasteiger charge is 2.43. The van der Waals surface area contributed by atoms with Crippen LogP contribution in [0.3, 0.4) is 0 Å². The first-order valence-electron chi connectivity index (χ1n) is 7.15. The average Bonchev–Trinajstić information content (AvgIpc) is 2.50. The van der Waals surface area contributed by atoms with E-state index in [0.29, 0.717) is 25.3 Å². The molecule has 0 aromatic heterocycles. The zero-order valence-corrected chi connectivity index (χ0v) is 12.8. The van der Waals surface area contributed by atoms with Crippen LogP contribution in [0.4, 0.5) is 4.79 Å². The molecule has 0 aromatic carbocycles. The van der Waals surface area contributed by atoms with Gasteiger partial charge in [-0.3, -0.25) is 14.5 Å². The van der Waals surface area contributed by atoms with Crippen molar-refractivity contribution in [2.24, 2.45) is 5.92 Å². The van der Waals surface area contributed by atoms with E-state index >= 15 is 0 Å². The fraction of sp³-hybridized carbons (Fsp3) is 0.786. The molecule has 1 aliphatic rings. The van der Waals surface area contributed by atoms with Gasteiger partial charge in [0.25, 0.3) is 5.91 Å². The maximum absolute atomic E-state index is 11.9. The van der Waals surface area contributed by atoms with Crippen molar-refractivity contribution in [3.8, 4) is 0 Å². The Hall–Kier alpha value is -1.59. The SMILES string of the molecule is CC(C)CCNC(=O)CCCN1C(=O)NC(C)(C)C1=O. The molecule has 1 heterocycles. The van der Waals surface area contributed by atoms with Gasteiger partial charge in [-0.25, -0.2) is 4.79 Å². The molecule has 0 radical (unpaired) electrons. The fourth-order valence-electron chi connectivity index (χ4n) is 2.01. The van der Waals surface area contributed by atoms with Gasteiger partial charge in [-0.2, -0.15) is 0 Å². The summed E-state index contributed by atoms with van der Waals surface area (Å²) >= 11 is 0. The van der Waals surface area contributed by atoms with Crippen LogP contribution in [0, 0.1) is 5.92 Å². The first-order chi connectivity index (χ1) is 9.24. The number of hydrogen-bond donors (Lipinski definition) is 2. The van der Waals surface area contributed by atoms with Crippen molar-refractivity contribution in [2.45, 2.75) is 52.5 Å². The minimum atomic E-state index is -0.837. The Balaban J connectivity index is 2.26. The molecule has 1 saturated heterocycles. The summed E-state index contributed by atoms with van der Waals surface area (Å²) in [5, 5.41) is 5.45. The number of carbonyl (C=O) groups excluding carboxylic acids is 3. The lowest BCUT2D eigenvalue weighted by molar-refractivity contribution is -0.130. The molecule has 4 amide bonds. The number of nitrogens with one attached hydrogen (secondary N) is 2. The van der Waals surface area contributed by atoms with Gasteiger partial charge in [0.2, 0.25) is 5.91 Å². The summed E-state index contributed by atoms with van der Waals surface area (Å²) in [6, 6.07) is -0.375. The maximum atomic E-state index is 11.9. The lowest BCUT2D eigenvalue weighted by atomic mass is 10.1. The molecule has 20 heavy (non-hydrogen) atoms. The fourth-order valence-corrected chi connectivity index (χ4v) is 2.01. The molecular weight excluding hydrogens is 258 g/mol. The van der Waals surface area contributed by atoms with E-state index in [9.17, 15) is 14.4 Å². The normalized spacial score (nSPS) is 17.6. The predicted molar refractivity (Wildman–Crippen MR) is 76.0 cm³/mol. The average molecular weight is 283 g/mol. The monoisotopic (exact) mass is 283 g/mol. The Bertz CT molecular complexity index is 391. The van der Waals surface area contributed by atoms with Gasteiger partial charge in [0.15, 0.2) is 0 Å². The first-order valence-corrected chi connectivity index (χ1v) is 7.15. The van der Waals surface area contributed by atoms with E-state index in [-0.39, 0.29) is 24.4 Å². The molecule has 0 saturated carbocycles. The number of amides is 4. The maximum Gasteiger partial charge on any atom is 0.325 e. The minimum absolute atomic E-state index is 0.0306. The summed E-state index contributed by atoms with van der Waals surface area (Å²) in [4.78, 5) is 36.3. The second-order valence-corrected chi connectivity index (χ2v) is 6.15. The second kappa shape index (κ2) is 6.72. The molecular formula is C14H25N3O3. The van der Waals surface area contributed by atoms with E-state index in [1.54, 1.807) is 13.8 Å². The Morgan fingerprint density at radius 2 is 2.00 bits per heavy atom. The Kier molecular flexibility index (Phi) is 5.53. The first kappa shape index (κ1) is 16.5. The van der Waals surface area contributed by atoms with Gasteiger partial charge in [0.1, 0.15) is 5.54 Å². The Morgan fingerprint density at radius 1 is 1.35 bits per heavy atom. The van der Waals surface area contributed by atoms with Crippen LogP contribution in [0.2, 0.25) is 0 Å². The summed E-state index contributed by atoms with van der Waals surface area (Å²) in [7, 11) is 0. The molecule has 0 spiro atoms. The van der Waals surface area contributed by atoms with E-state index in [2.05, 4.69) is 24.5 Å². The lowest BCUT2D eigenvalue weighted by Gasteiger charge is -2.15.